The van der Waals surface area contributed by atoms with Crippen molar-refractivity contribution in [3.8, 4) is 5.75 Å². The van der Waals surface area contributed by atoms with Crippen LogP contribution in [-0.4, -0.2) is 23.6 Å². The van der Waals surface area contributed by atoms with Crippen LogP contribution >= 0.6 is 11.6 Å². The smallest absolute Gasteiger partial charge is 0.255 e. The summed E-state index contributed by atoms with van der Waals surface area (Å²) in [5.41, 5.74) is 5.76. The van der Waals surface area contributed by atoms with Crippen molar-refractivity contribution in [2.45, 2.75) is 25.8 Å². The van der Waals surface area contributed by atoms with Crippen LogP contribution in [-0.2, 0) is 0 Å². The average Bonchev–Trinajstić information content (AvgIpc) is 2.28. The Morgan fingerprint density at radius 1 is 1.59 bits per heavy atom. The number of carbonyl (C=O) groups is 1. The second-order valence-corrected chi connectivity index (χ2v) is 4.29. The second kappa shape index (κ2) is 6.47. The monoisotopic (exact) mass is 256 g/mol. The molecule has 0 aromatic heterocycles. The van der Waals surface area contributed by atoms with Crippen LogP contribution in [0.25, 0.3) is 0 Å². The standard InChI is InChI=1S/C12H17ClN2O2/c1-2-3-9(7-14)15-12(17)10-5-4-8(13)6-11(10)16/h4-6,9,16H,2-3,7,14H2,1H3,(H,15,17). The molecule has 1 aromatic carbocycles. The normalized spacial score (nSPS) is 12.2. The third-order valence-corrected chi connectivity index (χ3v) is 2.70. The highest BCUT2D eigenvalue weighted by Gasteiger charge is 2.15. The number of hydrogen-bond acceptors (Lipinski definition) is 3. The van der Waals surface area contributed by atoms with E-state index in [0.717, 1.165) is 12.8 Å². The van der Waals surface area contributed by atoms with E-state index in [1.807, 2.05) is 6.92 Å². The van der Waals surface area contributed by atoms with Crippen LogP contribution in [0.15, 0.2) is 18.2 Å². The molecule has 0 aliphatic carbocycles. The van der Waals surface area contributed by atoms with Gasteiger partial charge in [0.25, 0.3) is 5.91 Å². The number of nitrogens with one attached hydrogen (secondary N) is 1. The Balaban J connectivity index is 2.75. The van der Waals surface area contributed by atoms with Gasteiger partial charge in [-0.2, -0.15) is 0 Å². The van der Waals surface area contributed by atoms with E-state index >= 15 is 0 Å². The molecule has 0 bridgehead atoms. The molecule has 4 N–H and O–H groups in total. The zero-order valence-corrected chi connectivity index (χ0v) is 10.5. The van der Waals surface area contributed by atoms with Gasteiger partial charge in [-0.1, -0.05) is 24.9 Å². The fraction of sp³-hybridized carbons (Fsp3) is 0.417. The van der Waals surface area contributed by atoms with Gasteiger partial charge in [0.05, 0.1) is 5.56 Å². The second-order valence-electron chi connectivity index (χ2n) is 3.86. The molecular formula is C12H17ClN2O2. The van der Waals surface area contributed by atoms with Crippen LogP contribution in [0.2, 0.25) is 5.02 Å². The Labute approximate surface area is 106 Å². The minimum atomic E-state index is -0.330. The Bertz CT molecular complexity index is 396. The highest BCUT2D eigenvalue weighted by Crippen LogP contribution is 2.21. The van der Waals surface area contributed by atoms with Gasteiger partial charge in [-0.05, 0) is 24.6 Å². The molecule has 0 aliphatic rings. The van der Waals surface area contributed by atoms with Gasteiger partial charge in [0.15, 0.2) is 0 Å². The Morgan fingerprint density at radius 2 is 2.29 bits per heavy atom. The summed E-state index contributed by atoms with van der Waals surface area (Å²) >= 11 is 5.69. The minimum Gasteiger partial charge on any atom is -0.507 e. The summed E-state index contributed by atoms with van der Waals surface area (Å²) in [5.74, 6) is -0.453. The largest absolute Gasteiger partial charge is 0.507 e. The molecule has 5 heteroatoms. The first-order valence-electron chi connectivity index (χ1n) is 5.58. The molecule has 1 amide bonds. The fourth-order valence-electron chi connectivity index (χ4n) is 1.56. The lowest BCUT2D eigenvalue weighted by Crippen LogP contribution is -2.40. The molecule has 0 aliphatic heterocycles. The number of nitrogens with two attached hydrogens (primary N) is 1. The van der Waals surface area contributed by atoms with Crippen molar-refractivity contribution in [3.05, 3.63) is 28.8 Å². The van der Waals surface area contributed by atoms with Crippen LogP contribution in [0, 0.1) is 0 Å². The molecule has 1 atom stereocenters. The van der Waals surface area contributed by atoms with E-state index < -0.39 is 0 Å². The highest BCUT2D eigenvalue weighted by molar-refractivity contribution is 6.30. The quantitative estimate of drug-likeness (QED) is 0.753. The van der Waals surface area contributed by atoms with Crippen LogP contribution in [0.3, 0.4) is 0 Å². The molecule has 17 heavy (non-hydrogen) atoms. The lowest BCUT2D eigenvalue weighted by atomic mass is 10.1. The zero-order valence-electron chi connectivity index (χ0n) is 9.74. The summed E-state index contributed by atoms with van der Waals surface area (Å²) in [4.78, 5) is 11.9. The first-order chi connectivity index (χ1) is 8.08. The van der Waals surface area contributed by atoms with E-state index in [9.17, 15) is 9.90 Å². The van der Waals surface area contributed by atoms with Gasteiger partial charge in [-0.15, -0.1) is 0 Å². The number of rotatable bonds is 5. The number of phenolic OH excluding ortho intramolecular Hbond substituents is 1. The first-order valence-corrected chi connectivity index (χ1v) is 5.95. The third-order valence-electron chi connectivity index (χ3n) is 2.46. The molecule has 0 heterocycles. The molecule has 4 nitrogen and oxygen atoms in total. The molecule has 1 aromatic rings. The van der Waals surface area contributed by atoms with Crippen molar-refractivity contribution in [3.63, 3.8) is 0 Å². The third kappa shape index (κ3) is 3.91. The van der Waals surface area contributed by atoms with Gasteiger partial charge in [0.1, 0.15) is 5.75 Å². The Kier molecular flexibility index (Phi) is 5.25. The maximum absolute atomic E-state index is 11.9. The van der Waals surface area contributed by atoms with Gasteiger partial charge in [-0.25, -0.2) is 0 Å². The van der Waals surface area contributed by atoms with Crippen molar-refractivity contribution >= 4 is 17.5 Å². The van der Waals surface area contributed by atoms with E-state index in [2.05, 4.69) is 5.32 Å². The molecule has 94 valence electrons. The van der Waals surface area contributed by atoms with Crippen molar-refractivity contribution in [2.24, 2.45) is 5.73 Å². The topological polar surface area (TPSA) is 75.3 Å². The zero-order chi connectivity index (χ0) is 12.8. The molecule has 0 spiro atoms. The molecule has 0 fully saturated rings. The average molecular weight is 257 g/mol. The van der Waals surface area contributed by atoms with Crippen molar-refractivity contribution in [2.75, 3.05) is 6.54 Å². The van der Waals surface area contributed by atoms with Gasteiger partial charge < -0.3 is 16.2 Å². The van der Waals surface area contributed by atoms with Crippen LogP contribution in [0.5, 0.6) is 5.75 Å². The number of amides is 1. The molecule has 1 rings (SSSR count). The number of phenols is 1. The molecule has 1 unspecified atom stereocenters. The number of halogens is 1. The van der Waals surface area contributed by atoms with Crippen molar-refractivity contribution < 1.29 is 9.90 Å². The molecule has 0 saturated heterocycles. The lowest BCUT2D eigenvalue weighted by molar-refractivity contribution is 0.0933. The maximum Gasteiger partial charge on any atom is 0.255 e. The van der Waals surface area contributed by atoms with Gasteiger partial charge >= 0.3 is 0 Å². The van der Waals surface area contributed by atoms with Crippen LogP contribution in [0.1, 0.15) is 30.1 Å². The molecule has 0 radical (unpaired) electrons. The molecular weight excluding hydrogens is 240 g/mol. The number of benzene rings is 1. The summed E-state index contributed by atoms with van der Waals surface area (Å²) in [6.45, 7) is 2.41. The van der Waals surface area contributed by atoms with Crippen molar-refractivity contribution in [1.82, 2.24) is 5.32 Å². The fourth-order valence-corrected chi connectivity index (χ4v) is 1.72. The molecule has 0 saturated carbocycles. The summed E-state index contributed by atoms with van der Waals surface area (Å²) in [7, 11) is 0. The van der Waals surface area contributed by atoms with Gasteiger partial charge in [0.2, 0.25) is 0 Å². The van der Waals surface area contributed by atoms with Crippen molar-refractivity contribution in [1.29, 1.82) is 0 Å². The van der Waals surface area contributed by atoms with Gasteiger partial charge in [0, 0.05) is 17.6 Å². The first kappa shape index (κ1) is 13.8. The minimum absolute atomic E-state index is 0.0671. The van der Waals surface area contributed by atoms with Crippen LogP contribution in [0.4, 0.5) is 0 Å². The van der Waals surface area contributed by atoms with E-state index in [0.29, 0.717) is 11.6 Å². The van der Waals surface area contributed by atoms with Crippen LogP contribution < -0.4 is 11.1 Å². The summed E-state index contributed by atoms with van der Waals surface area (Å²) in [6, 6.07) is 4.33. The Hall–Kier alpha value is -1.26. The van der Waals surface area contributed by atoms with E-state index in [1.165, 1.54) is 12.1 Å². The Morgan fingerprint density at radius 3 is 2.82 bits per heavy atom. The predicted octanol–water partition coefficient (Wildman–Crippen LogP) is 1.90. The summed E-state index contributed by atoms with van der Waals surface area (Å²) in [6.07, 6.45) is 1.76. The highest BCUT2D eigenvalue weighted by atomic mass is 35.5. The SMILES string of the molecule is CCCC(CN)NC(=O)c1ccc(Cl)cc1O. The number of hydrogen-bond donors (Lipinski definition) is 3. The number of aromatic hydroxyl groups is 1. The van der Waals surface area contributed by atoms with Gasteiger partial charge in [-0.3, -0.25) is 4.79 Å². The number of carbonyl (C=O) groups excluding carboxylic acids is 1. The van der Waals surface area contributed by atoms with E-state index in [-0.39, 0.29) is 23.3 Å². The predicted molar refractivity (Wildman–Crippen MR) is 68.3 cm³/mol. The van der Waals surface area contributed by atoms with E-state index in [1.54, 1.807) is 6.07 Å². The van der Waals surface area contributed by atoms with E-state index in [4.69, 9.17) is 17.3 Å². The summed E-state index contributed by atoms with van der Waals surface area (Å²) in [5, 5.41) is 12.8. The maximum atomic E-state index is 11.9. The lowest BCUT2D eigenvalue weighted by Gasteiger charge is -2.16. The summed E-state index contributed by atoms with van der Waals surface area (Å²) < 4.78 is 0.